The molecule has 2 aromatic rings. The lowest BCUT2D eigenvalue weighted by Crippen LogP contribution is -2.45. The van der Waals surface area contributed by atoms with E-state index >= 15 is 0 Å². The molecule has 2 saturated heterocycles. The molecule has 7 nitrogen and oxygen atoms in total. The highest BCUT2D eigenvalue weighted by atomic mass is 32.1. The number of hydrogen-bond acceptors (Lipinski definition) is 7. The van der Waals surface area contributed by atoms with Gasteiger partial charge in [0.2, 0.25) is 5.91 Å². The Labute approximate surface area is 192 Å². The Hall–Kier alpha value is -2.34. The van der Waals surface area contributed by atoms with Gasteiger partial charge in [0.1, 0.15) is 23.8 Å². The molecule has 4 rings (SSSR count). The maximum atomic E-state index is 13.0. The summed E-state index contributed by atoms with van der Waals surface area (Å²) < 4.78 is 49.1. The van der Waals surface area contributed by atoms with E-state index in [1.165, 1.54) is 23.5 Å². The molecule has 33 heavy (non-hydrogen) atoms. The van der Waals surface area contributed by atoms with Gasteiger partial charge in [-0.05, 0) is 31.5 Å². The molecule has 1 unspecified atom stereocenters. The van der Waals surface area contributed by atoms with Gasteiger partial charge in [-0.1, -0.05) is 12.1 Å². The Kier molecular flexibility index (Phi) is 7.42. The molecule has 2 aliphatic rings. The second kappa shape index (κ2) is 10.3. The molecule has 2 N–H and O–H groups in total. The van der Waals surface area contributed by atoms with Crippen molar-refractivity contribution in [2.45, 2.75) is 31.2 Å². The molecule has 2 aliphatic heterocycles. The van der Waals surface area contributed by atoms with Gasteiger partial charge in [-0.25, -0.2) is 4.98 Å². The summed E-state index contributed by atoms with van der Waals surface area (Å²) in [5, 5.41) is 8.01. The predicted molar refractivity (Wildman–Crippen MR) is 115 cm³/mol. The highest BCUT2D eigenvalue weighted by Crippen LogP contribution is 2.32. The first-order chi connectivity index (χ1) is 15.8. The Balaban J connectivity index is 1.51. The summed E-state index contributed by atoms with van der Waals surface area (Å²) in [4.78, 5) is 30.2. The molecule has 2 fully saturated rings. The van der Waals surface area contributed by atoms with Gasteiger partial charge in [0, 0.05) is 17.5 Å². The molecule has 11 heteroatoms. The summed E-state index contributed by atoms with van der Waals surface area (Å²) in [5.41, 5.74) is 0.172. The number of carbonyl (C=O) groups excluding carboxylic acids is 2. The zero-order valence-corrected chi connectivity index (χ0v) is 18.5. The molecule has 0 spiro atoms. The number of benzene rings is 1. The lowest BCUT2D eigenvalue weighted by atomic mass is 9.98. The summed E-state index contributed by atoms with van der Waals surface area (Å²) in [7, 11) is 0. The zero-order valence-electron chi connectivity index (χ0n) is 17.7. The van der Waals surface area contributed by atoms with Gasteiger partial charge < -0.3 is 20.1 Å². The van der Waals surface area contributed by atoms with Crippen molar-refractivity contribution in [2.24, 2.45) is 5.92 Å². The average Bonchev–Trinajstić information content (AvgIpc) is 3.26. The largest absolute Gasteiger partial charge is 0.416 e. The third-order valence-corrected chi connectivity index (χ3v) is 6.53. The van der Waals surface area contributed by atoms with Gasteiger partial charge >= 0.3 is 6.18 Å². The molecule has 0 saturated carbocycles. The topological polar surface area (TPSA) is 89.6 Å². The normalized spacial score (nSPS) is 20.2. The standard InChI is InChI=1S/C22H24F3N3O4S/c23-22(24,25)15-5-3-13(4-6-15)17-12-33-21(27-17)19(18(29)11-32-16-9-31-10-16)28-20(30)14-2-1-7-26-8-14/h3-6,12,14,16,19,26H,1-2,7-11H2,(H,28,30)/t14?,19-/m0/s1. The monoisotopic (exact) mass is 483 g/mol. The molecule has 1 aromatic heterocycles. The Bertz CT molecular complexity index is 970. The number of halogens is 3. The molecular formula is C22H24F3N3O4S. The third kappa shape index (κ3) is 5.97. The number of hydrogen-bond donors (Lipinski definition) is 2. The molecule has 0 bridgehead atoms. The zero-order chi connectivity index (χ0) is 23.4. The number of aromatic nitrogens is 1. The number of ether oxygens (including phenoxy) is 2. The highest BCUT2D eigenvalue weighted by molar-refractivity contribution is 7.10. The van der Waals surface area contributed by atoms with Crippen molar-refractivity contribution in [1.29, 1.82) is 0 Å². The van der Waals surface area contributed by atoms with E-state index in [0.717, 1.165) is 31.5 Å². The SMILES string of the molecule is O=C(N[C@@H](C(=O)COC1COC1)c1nc(-c2ccc(C(F)(F)F)cc2)cs1)C1CCCNC1. The quantitative estimate of drug-likeness (QED) is 0.600. The van der Waals surface area contributed by atoms with Crippen LogP contribution < -0.4 is 10.6 Å². The minimum absolute atomic E-state index is 0.146. The van der Waals surface area contributed by atoms with Crippen molar-refractivity contribution in [3.63, 3.8) is 0 Å². The van der Waals surface area contributed by atoms with E-state index < -0.39 is 17.8 Å². The van der Waals surface area contributed by atoms with E-state index in [4.69, 9.17) is 9.47 Å². The Morgan fingerprint density at radius 1 is 1.27 bits per heavy atom. The van der Waals surface area contributed by atoms with Crippen LogP contribution in [-0.4, -0.2) is 55.7 Å². The predicted octanol–water partition coefficient (Wildman–Crippen LogP) is 2.97. The van der Waals surface area contributed by atoms with Crippen LogP contribution in [0.3, 0.4) is 0 Å². The second-order valence-electron chi connectivity index (χ2n) is 8.07. The van der Waals surface area contributed by atoms with Crippen LogP contribution in [0, 0.1) is 5.92 Å². The number of alkyl halides is 3. The number of piperidine rings is 1. The molecule has 178 valence electrons. The molecule has 0 aliphatic carbocycles. The summed E-state index contributed by atoms with van der Waals surface area (Å²) in [6, 6.07) is 3.66. The average molecular weight is 484 g/mol. The maximum Gasteiger partial charge on any atom is 0.416 e. The number of amides is 1. The molecular weight excluding hydrogens is 459 g/mol. The molecule has 2 atom stereocenters. The lowest BCUT2D eigenvalue weighted by Gasteiger charge is -2.27. The van der Waals surface area contributed by atoms with Gasteiger partial charge in [-0.3, -0.25) is 9.59 Å². The van der Waals surface area contributed by atoms with Crippen LogP contribution in [0.4, 0.5) is 13.2 Å². The van der Waals surface area contributed by atoms with E-state index in [-0.39, 0.29) is 30.3 Å². The number of carbonyl (C=O) groups is 2. The fourth-order valence-corrected chi connectivity index (χ4v) is 4.49. The number of thiazole rings is 1. The number of Topliss-reactive ketones (excluding diaryl/α,β-unsaturated/α-hetero) is 1. The summed E-state index contributed by atoms with van der Waals surface area (Å²) in [5.74, 6) is -0.824. The smallest absolute Gasteiger partial charge is 0.376 e. The maximum absolute atomic E-state index is 13.0. The number of ketones is 1. The number of rotatable bonds is 8. The minimum Gasteiger partial charge on any atom is -0.376 e. The van der Waals surface area contributed by atoms with Crippen LogP contribution in [-0.2, 0) is 25.2 Å². The number of nitrogens with one attached hydrogen (secondary N) is 2. The van der Waals surface area contributed by atoms with Crippen LogP contribution >= 0.6 is 11.3 Å². The van der Waals surface area contributed by atoms with E-state index in [1.54, 1.807) is 5.38 Å². The molecule has 3 heterocycles. The van der Waals surface area contributed by atoms with Crippen LogP contribution in [0.2, 0.25) is 0 Å². The van der Waals surface area contributed by atoms with Crippen molar-refractivity contribution in [1.82, 2.24) is 15.6 Å². The second-order valence-corrected chi connectivity index (χ2v) is 8.96. The van der Waals surface area contributed by atoms with Crippen molar-refractivity contribution in [2.75, 3.05) is 32.9 Å². The molecule has 0 radical (unpaired) electrons. The summed E-state index contributed by atoms with van der Waals surface area (Å²) in [6.45, 7) is 2.04. The Morgan fingerprint density at radius 2 is 2.03 bits per heavy atom. The summed E-state index contributed by atoms with van der Waals surface area (Å²) >= 11 is 1.17. The lowest BCUT2D eigenvalue weighted by molar-refractivity contribution is -0.149. The van der Waals surface area contributed by atoms with E-state index in [1.807, 2.05) is 0 Å². The van der Waals surface area contributed by atoms with Crippen molar-refractivity contribution in [3.05, 3.63) is 40.2 Å². The van der Waals surface area contributed by atoms with Gasteiger partial charge in [0.15, 0.2) is 5.78 Å². The van der Waals surface area contributed by atoms with Crippen LogP contribution in [0.15, 0.2) is 29.6 Å². The Morgan fingerprint density at radius 3 is 2.64 bits per heavy atom. The van der Waals surface area contributed by atoms with Gasteiger partial charge in [0.25, 0.3) is 0 Å². The van der Waals surface area contributed by atoms with Crippen LogP contribution in [0.1, 0.15) is 29.5 Å². The van der Waals surface area contributed by atoms with Crippen molar-refractivity contribution in [3.8, 4) is 11.3 Å². The minimum atomic E-state index is -4.42. The molecule has 1 amide bonds. The van der Waals surface area contributed by atoms with Gasteiger partial charge in [0.05, 0.1) is 30.4 Å². The fourth-order valence-electron chi connectivity index (χ4n) is 3.59. The van der Waals surface area contributed by atoms with Crippen molar-refractivity contribution >= 4 is 23.0 Å². The summed E-state index contributed by atoms with van der Waals surface area (Å²) in [6.07, 6.45) is -2.97. The van der Waals surface area contributed by atoms with E-state index in [0.29, 0.717) is 36.0 Å². The van der Waals surface area contributed by atoms with Crippen LogP contribution in [0.25, 0.3) is 11.3 Å². The first-order valence-corrected chi connectivity index (χ1v) is 11.6. The highest BCUT2D eigenvalue weighted by Gasteiger charge is 2.32. The van der Waals surface area contributed by atoms with Gasteiger partial charge in [-0.15, -0.1) is 11.3 Å². The first kappa shape index (κ1) is 23.8. The fraction of sp³-hybridized carbons (Fsp3) is 0.500. The first-order valence-electron chi connectivity index (χ1n) is 10.7. The molecule has 1 aromatic carbocycles. The van der Waals surface area contributed by atoms with E-state index in [2.05, 4.69) is 15.6 Å². The van der Waals surface area contributed by atoms with Crippen LogP contribution in [0.5, 0.6) is 0 Å². The number of nitrogens with zero attached hydrogens (tertiary/aromatic N) is 1. The van der Waals surface area contributed by atoms with E-state index in [9.17, 15) is 22.8 Å². The van der Waals surface area contributed by atoms with Gasteiger partial charge in [-0.2, -0.15) is 13.2 Å². The van der Waals surface area contributed by atoms with Crippen molar-refractivity contribution < 1.29 is 32.2 Å². The third-order valence-electron chi connectivity index (χ3n) is 5.62.